The Kier molecular flexibility index (Phi) is 4.35. The summed E-state index contributed by atoms with van der Waals surface area (Å²) in [4.78, 5) is 45.9. The normalized spacial score (nSPS) is 18.2. The van der Waals surface area contributed by atoms with E-state index in [1.54, 1.807) is 0 Å². The highest BCUT2D eigenvalue weighted by Crippen LogP contribution is 2.29. The number of hydrogen-bond acceptors (Lipinski definition) is 7. The fourth-order valence-electron chi connectivity index (χ4n) is 3.11. The number of carbonyl (C=O) groups excluding carboxylic acids is 1. The number of piperidine rings is 1. The number of carboxylic acid groups (broad SMARTS) is 1. The summed E-state index contributed by atoms with van der Waals surface area (Å²) in [5.74, 6) is -0.911. The third-order valence-corrected chi connectivity index (χ3v) is 5.83. The van der Waals surface area contributed by atoms with Crippen molar-refractivity contribution >= 4 is 38.7 Å². The minimum absolute atomic E-state index is 0.0344. The Morgan fingerprint density at radius 3 is 2.65 bits per heavy atom. The van der Waals surface area contributed by atoms with Gasteiger partial charge in [-0.25, -0.2) is 4.98 Å². The molecule has 1 saturated carbocycles. The molecule has 0 aromatic carbocycles. The van der Waals surface area contributed by atoms with Crippen molar-refractivity contribution in [3.63, 3.8) is 0 Å². The van der Waals surface area contributed by atoms with Crippen molar-refractivity contribution in [3.05, 3.63) is 16.7 Å². The molecule has 2 N–H and O–H groups in total. The van der Waals surface area contributed by atoms with Crippen molar-refractivity contribution in [1.82, 2.24) is 19.9 Å². The summed E-state index contributed by atoms with van der Waals surface area (Å²) in [5.41, 5.74) is -0.0508. The molecule has 0 bridgehead atoms. The van der Waals surface area contributed by atoms with E-state index in [9.17, 15) is 14.4 Å². The second-order valence-electron chi connectivity index (χ2n) is 6.76. The van der Waals surface area contributed by atoms with Crippen LogP contribution in [-0.2, 0) is 16.1 Å². The molecule has 26 heavy (non-hydrogen) atoms. The molecule has 4 rings (SSSR count). The largest absolute Gasteiger partial charge is 0.480 e. The highest BCUT2D eigenvalue weighted by molar-refractivity contribution is 7.22. The maximum absolute atomic E-state index is 12.4. The Labute approximate surface area is 152 Å². The third kappa shape index (κ3) is 3.41. The Morgan fingerprint density at radius 2 is 2.00 bits per heavy atom. The quantitative estimate of drug-likeness (QED) is 0.776. The molecule has 1 amide bonds. The van der Waals surface area contributed by atoms with Gasteiger partial charge in [0.05, 0.1) is 0 Å². The number of thiazole rings is 1. The average Bonchev–Trinajstić information content (AvgIpc) is 3.32. The minimum atomic E-state index is -1.09. The monoisotopic (exact) mass is 377 g/mol. The molecule has 2 aliphatic rings. The lowest BCUT2D eigenvalue weighted by molar-refractivity contribution is -0.137. The number of nitrogens with one attached hydrogen (secondary N) is 1. The van der Waals surface area contributed by atoms with Crippen LogP contribution >= 0.6 is 11.3 Å². The zero-order valence-electron chi connectivity index (χ0n) is 14.1. The number of aliphatic carboxylic acids is 1. The van der Waals surface area contributed by atoms with E-state index in [1.807, 2.05) is 0 Å². The van der Waals surface area contributed by atoms with Crippen LogP contribution < -0.4 is 15.8 Å². The highest BCUT2D eigenvalue weighted by Gasteiger charge is 2.30. The topological polar surface area (TPSA) is 117 Å². The first-order valence-corrected chi connectivity index (χ1v) is 9.46. The molecule has 1 aliphatic carbocycles. The van der Waals surface area contributed by atoms with Gasteiger partial charge in [-0.2, -0.15) is 4.98 Å². The van der Waals surface area contributed by atoms with Gasteiger partial charge in [0, 0.05) is 25.0 Å². The number of aromatic nitrogens is 3. The second kappa shape index (κ2) is 6.67. The van der Waals surface area contributed by atoms with Gasteiger partial charge in [0.1, 0.15) is 17.6 Å². The van der Waals surface area contributed by atoms with E-state index in [0.29, 0.717) is 34.6 Å². The summed E-state index contributed by atoms with van der Waals surface area (Å²) >= 11 is 1.23. The lowest BCUT2D eigenvalue weighted by Crippen LogP contribution is -2.41. The number of hydrogen-bond donors (Lipinski definition) is 2. The van der Waals surface area contributed by atoms with E-state index >= 15 is 0 Å². The highest BCUT2D eigenvalue weighted by atomic mass is 32.1. The fraction of sp³-hybridized carbons (Fsp3) is 0.562. The predicted octanol–water partition coefficient (Wildman–Crippen LogP) is 0.433. The van der Waals surface area contributed by atoms with Crippen molar-refractivity contribution < 1.29 is 14.7 Å². The molecule has 0 spiro atoms. The Morgan fingerprint density at radius 1 is 1.27 bits per heavy atom. The molecule has 2 fully saturated rings. The molecule has 2 aromatic rings. The first-order valence-electron chi connectivity index (χ1n) is 8.64. The molecule has 1 saturated heterocycles. The van der Waals surface area contributed by atoms with Crippen molar-refractivity contribution in [1.29, 1.82) is 0 Å². The number of nitrogens with zero attached hydrogens (tertiary/aromatic N) is 4. The number of carbonyl (C=O) groups is 2. The van der Waals surface area contributed by atoms with Crippen LogP contribution in [0.3, 0.4) is 0 Å². The molecule has 2 aromatic heterocycles. The van der Waals surface area contributed by atoms with Crippen LogP contribution in [-0.4, -0.2) is 50.6 Å². The molecule has 9 nitrogen and oxygen atoms in total. The molecule has 3 heterocycles. The van der Waals surface area contributed by atoms with Gasteiger partial charge in [0.2, 0.25) is 5.91 Å². The van der Waals surface area contributed by atoms with Gasteiger partial charge in [-0.15, -0.1) is 0 Å². The smallest absolute Gasteiger partial charge is 0.323 e. The SMILES string of the molecule is O=C(O)Cn1cnc2nc(N3CCC(C(=O)NC4CC4)CC3)sc2c1=O. The minimum Gasteiger partial charge on any atom is -0.480 e. The second-order valence-corrected chi connectivity index (χ2v) is 7.74. The van der Waals surface area contributed by atoms with Gasteiger partial charge in [-0.3, -0.25) is 19.0 Å². The Bertz CT molecular complexity index is 911. The zero-order valence-corrected chi connectivity index (χ0v) is 14.9. The summed E-state index contributed by atoms with van der Waals surface area (Å²) in [7, 11) is 0. The van der Waals surface area contributed by atoms with E-state index in [4.69, 9.17) is 5.11 Å². The molecule has 10 heteroatoms. The summed E-state index contributed by atoms with van der Waals surface area (Å²) in [5, 5.41) is 12.6. The maximum atomic E-state index is 12.4. The van der Waals surface area contributed by atoms with E-state index in [2.05, 4.69) is 20.2 Å². The third-order valence-electron chi connectivity index (χ3n) is 4.74. The first kappa shape index (κ1) is 17.0. The van der Waals surface area contributed by atoms with Gasteiger partial charge >= 0.3 is 5.97 Å². The maximum Gasteiger partial charge on any atom is 0.323 e. The van der Waals surface area contributed by atoms with Crippen LogP contribution in [0.25, 0.3) is 10.3 Å². The van der Waals surface area contributed by atoms with Crippen LogP contribution in [0.1, 0.15) is 25.7 Å². The molecule has 1 aliphatic heterocycles. The number of amides is 1. The van der Waals surface area contributed by atoms with Crippen LogP contribution in [0.2, 0.25) is 0 Å². The number of fused-ring (bicyclic) bond motifs is 1. The molecular formula is C16H19N5O4S. The van der Waals surface area contributed by atoms with Gasteiger partial charge in [-0.1, -0.05) is 11.3 Å². The van der Waals surface area contributed by atoms with E-state index in [0.717, 1.165) is 30.3 Å². The van der Waals surface area contributed by atoms with Crippen molar-refractivity contribution in [2.75, 3.05) is 18.0 Å². The summed E-state index contributed by atoms with van der Waals surface area (Å²) in [6, 6.07) is 0.379. The average molecular weight is 377 g/mol. The van der Waals surface area contributed by atoms with Crippen molar-refractivity contribution in [2.24, 2.45) is 5.92 Å². The Balaban J connectivity index is 1.47. The standard InChI is InChI=1S/C16H19N5O4S/c22-11(23)7-21-8-17-13-12(15(21)25)26-16(19-13)20-5-3-9(4-6-20)14(24)18-10-1-2-10/h8-10H,1-7H2,(H,18,24)(H,22,23). The van der Waals surface area contributed by atoms with Crippen LogP contribution in [0, 0.1) is 5.92 Å². The lowest BCUT2D eigenvalue weighted by atomic mass is 9.96. The van der Waals surface area contributed by atoms with E-state index < -0.39 is 12.5 Å². The van der Waals surface area contributed by atoms with Crippen LogP contribution in [0.15, 0.2) is 11.1 Å². The predicted molar refractivity (Wildman–Crippen MR) is 95.4 cm³/mol. The number of carboxylic acids is 1. The lowest BCUT2D eigenvalue weighted by Gasteiger charge is -2.30. The van der Waals surface area contributed by atoms with E-state index in [-0.39, 0.29) is 17.4 Å². The summed E-state index contributed by atoms with van der Waals surface area (Å²) < 4.78 is 1.43. The molecular weight excluding hydrogens is 358 g/mol. The molecule has 138 valence electrons. The molecule has 0 atom stereocenters. The first-order chi connectivity index (χ1) is 12.5. The summed E-state index contributed by atoms with van der Waals surface area (Å²) in [6.07, 6.45) is 4.90. The zero-order chi connectivity index (χ0) is 18.3. The van der Waals surface area contributed by atoms with Gasteiger partial charge in [-0.05, 0) is 25.7 Å². The number of rotatable bonds is 5. The van der Waals surface area contributed by atoms with Crippen molar-refractivity contribution in [3.8, 4) is 0 Å². The van der Waals surface area contributed by atoms with E-state index in [1.165, 1.54) is 17.7 Å². The molecule has 0 radical (unpaired) electrons. The van der Waals surface area contributed by atoms with Gasteiger partial charge in [0.15, 0.2) is 10.8 Å². The van der Waals surface area contributed by atoms with Gasteiger partial charge in [0.25, 0.3) is 5.56 Å². The van der Waals surface area contributed by atoms with Gasteiger partial charge < -0.3 is 15.3 Å². The van der Waals surface area contributed by atoms with Crippen LogP contribution in [0.5, 0.6) is 0 Å². The Hall–Kier alpha value is -2.49. The van der Waals surface area contributed by atoms with Crippen LogP contribution in [0.4, 0.5) is 5.13 Å². The van der Waals surface area contributed by atoms with Crippen molar-refractivity contribution in [2.45, 2.75) is 38.3 Å². The summed E-state index contributed by atoms with van der Waals surface area (Å²) in [6.45, 7) is 0.980. The number of anilines is 1. The molecule has 0 unspecified atom stereocenters. The fourth-order valence-corrected chi connectivity index (χ4v) is 4.13.